The molecule has 3 N–H and O–H groups in total. The summed E-state index contributed by atoms with van der Waals surface area (Å²) in [7, 11) is -9.91. The molecule has 0 aromatic heterocycles. The molecule has 0 aromatic carbocycles. The molecule has 19 heteroatoms. The highest BCUT2D eigenvalue weighted by Gasteiger charge is 2.30. The maximum atomic E-state index is 13.1. The van der Waals surface area contributed by atoms with Gasteiger partial charge in [0, 0.05) is 25.7 Å². The Morgan fingerprint density at radius 1 is 0.265 bits per heavy atom. The van der Waals surface area contributed by atoms with Gasteiger partial charge in [-0.1, -0.05) is 388 Å². The molecule has 0 amide bonds. The molecule has 17 nitrogen and oxygen atoms in total. The molecule has 102 heavy (non-hydrogen) atoms. The van der Waals surface area contributed by atoms with Crippen LogP contribution in [0.1, 0.15) is 440 Å². The van der Waals surface area contributed by atoms with Gasteiger partial charge in [0.15, 0.2) is 12.2 Å². The first-order chi connectivity index (χ1) is 49.4. The predicted molar refractivity (Wildman–Crippen MR) is 418 cm³/mol. The van der Waals surface area contributed by atoms with Crippen LogP contribution >= 0.6 is 15.6 Å². The van der Waals surface area contributed by atoms with Gasteiger partial charge in [0.25, 0.3) is 0 Å². The number of ether oxygens (including phenoxy) is 4. The SMILES string of the molecule is CCCCCCCCCCCCCCCCCCCC(=O)O[C@H](COC(=O)CCCCCCC)COP(=O)(O)OC[C@H](O)COP(=O)(O)OC[C@@H](COC(=O)CCCCCCCCCCCCCCCCCCC(C)C)OC(=O)CCCCCCCCCCCCCCCCCCCCC(C)C. The molecule has 0 radical (unpaired) electrons. The number of phosphoric acid groups is 2. The minimum Gasteiger partial charge on any atom is -0.462 e. The molecule has 5 atom stereocenters. The van der Waals surface area contributed by atoms with Gasteiger partial charge in [0.2, 0.25) is 0 Å². The molecule has 2 unspecified atom stereocenters. The van der Waals surface area contributed by atoms with E-state index in [1.54, 1.807) is 0 Å². The lowest BCUT2D eigenvalue weighted by Crippen LogP contribution is -2.30. The Labute approximate surface area is 626 Å². The lowest BCUT2D eigenvalue weighted by atomic mass is 10.0. The Hall–Kier alpha value is -1.94. The zero-order valence-electron chi connectivity index (χ0n) is 66.9. The third-order valence-corrected chi connectivity index (χ3v) is 21.4. The maximum Gasteiger partial charge on any atom is 0.472 e. The van der Waals surface area contributed by atoms with Crippen molar-refractivity contribution >= 4 is 39.5 Å². The fourth-order valence-corrected chi connectivity index (χ4v) is 14.5. The van der Waals surface area contributed by atoms with Crippen LogP contribution in [0.5, 0.6) is 0 Å². The van der Waals surface area contributed by atoms with Crippen molar-refractivity contribution in [1.29, 1.82) is 0 Å². The lowest BCUT2D eigenvalue weighted by Gasteiger charge is -2.21. The number of carbonyl (C=O) groups excluding carboxylic acids is 4. The Balaban J connectivity index is 5.11. The van der Waals surface area contributed by atoms with Crippen molar-refractivity contribution in [2.75, 3.05) is 39.6 Å². The third kappa shape index (κ3) is 76.3. The van der Waals surface area contributed by atoms with Crippen LogP contribution in [0.25, 0.3) is 0 Å². The van der Waals surface area contributed by atoms with E-state index in [1.165, 1.54) is 250 Å². The Morgan fingerprint density at radius 3 is 0.667 bits per heavy atom. The van der Waals surface area contributed by atoms with Crippen molar-refractivity contribution in [1.82, 2.24) is 0 Å². The molecule has 0 aromatic rings. The number of hydrogen-bond donors (Lipinski definition) is 3. The van der Waals surface area contributed by atoms with E-state index in [0.717, 1.165) is 108 Å². The lowest BCUT2D eigenvalue weighted by molar-refractivity contribution is -0.161. The number of hydrogen-bond acceptors (Lipinski definition) is 15. The van der Waals surface area contributed by atoms with E-state index in [9.17, 15) is 43.2 Å². The molecule has 0 fully saturated rings. The van der Waals surface area contributed by atoms with E-state index in [-0.39, 0.29) is 25.7 Å². The van der Waals surface area contributed by atoms with Crippen molar-refractivity contribution in [3.63, 3.8) is 0 Å². The highest BCUT2D eigenvalue weighted by molar-refractivity contribution is 7.47. The minimum atomic E-state index is -4.96. The van der Waals surface area contributed by atoms with Crippen LogP contribution in [0.4, 0.5) is 0 Å². The Morgan fingerprint density at radius 2 is 0.451 bits per heavy atom. The maximum absolute atomic E-state index is 13.1. The standard InChI is InChI=1S/C83H162O17P2/c1-7-9-11-13-14-15-16-17-18-21-29-34-39-44-49-55-61-67-82(87)99-78(71-93-80(85)65-59-51-12-10-8-2)73-97-101(89,90)95-69-77(84)70-96-102(91,92)98-74-79(72-94-81(86)66-60-54-48-43-38-33-28-25-24-27-32-37-42-47-53-58-64-76(5)6)100-83(88)68-62-56-50-45-40-35-30-23-20-19-22-26-31-36-41-46-52-57-63-75(3)4/h75-79,84H,7-74H2,1-6H3,(H,89,90)(H,91,92)/t77-,78+,79+/m0/s1. The van der Waals surface area contributed by atoms with Gasteiger partial charge in [0.1, 0.15) is 19.3 Å². The second kappa shape index (κ2) is 74.5. The van der Waals surface area contributed by atoms with E-state index in [1.807, 2.05) is 0 Å². The summed E-state index contributed by atoms with van der Waals surface area (Å²) in [6.45, 7) is 9.63. The summed E-state index contributed by atoms with van der Waals surface area (Å²) in [5.74, 6) is -0.484. The zero-order chi connectivity index (χ0) is 74.9. The Bertz CT molecular complexity index is 1960. The van der Waals surface area contributed by atoms with Gasteiger partial charge >= 0.3 is 39.5 Å². The molecule has 0 bridgehead atoms. The fraction of sp³-hybridized carbons (Fsp3) is 0.952. The van der Waals surface area contributed by atoms with Crippen molar-refractivity contribution in [3.8, 4) is 0 Å². The van der Waals surface area contributed by atoms with Crippen molar-refractivity contribution in [3.05, 3.63) is 0 Å². The number of rotatable bonds is 82. The highest BCUT2D eigenvalue weighted by Crippen LogP contribution is 2.45. The molecule has 0 rings (SSSR count). The van der Waals surface area contributed by atoms with E-state index in [4.69, 9.17) is 37.0 Å². The van der Waals surface area contributed by atoms with E-state index < -0.39 is 97.5 Å². The average molecular weight is 1490 g/mol. The van der Waals surface area contributed by atoms with Crippen LogP contribution in [-0.2, 0) is 65.4 Å². The molecule has 0 aliphatic carbocycles. The third-order valence-electron chi connectivity index (χ3n) is 19.5. The number of aliphatic hydroxyl groups is 1. The second-order valence-electron chi connectivity index (χ2n) is 30.8. The number of carbonyl (C=O) groups is 4. The minimum absolute atomic E-state index is 0.108. The van der Waals surface area contributed by atoms with Gasteiger partial charge in [0.05, 0.1) is 26.4 Å². The first kappa shape index (κ1) is 100. The average Bonchev–Trinajstić information content (AvgIpc) is 1.25. The van der Waals surface area contributed by atoms with Gasteiger partial charge in [-0.2, -0.15) is 0 Å². The number of esters is 4. The van der Waals surface area contributed by atoms with E-state index in [2.05, 4.69) is 41.5 Å². The van der Waals surface area contributed by atoms with Gasteiger partial charge in [-0.05, 0) is 37.5 Å². The molecule has 0 heterocycles. The zero-order valence-corrected chi connectivity index (χ0v) is 68.7. The summed E-state index contributed by atoms with van der Waals surface area (Å²) in [5.41, 5.74) is 0. The summed E-state index contributed by atoms with van der Waals surface area (Å²) in [6.07, 6.45) is 65.7. The second-order valence-corrected chi connectivity index (χ2v) is 33.7. The number of unbranched alkanes of at least 4 members (excludes halogenated alkanes) is 52. The summed E-state index contributed by atoms with van der Waals surface area (Å²) in [5, 5.41) is 10.6. The molecule has 606 valence electrons. The summed E-state index contributed by atoms with van der Waals surface area (Å²) < 4.78 is 68.5. The van der Waals surface area contributed by atoms with Gasteiger partial charge in [-0.15, -0.1) is 0 Å². The molecular formula is C83H162O17P2. The largest absolute Gasteiger partial charge is 0.472 e. The summed E-state index contributed by atoms with van der Waals surface area (Å²) in [6, 6.07) is 0. The highest BCUT2D eigenvalue weighted by atomic mass is 31.2. The summed E-state index contributed by atoms with van der Waals surface area (Å²) in [4.78, 5) is 72.8. The molecule has 0 aliphatic rings. The topological polar surface area (TPSA) is 237 Å². The van der Waals surface area contributed by atoms with Crippen LogP contribution < -0.4 is 0 Å². The first-order valence-corrected chi connectivity index (χ1v) is 46.0. The monoisotopic (exact) mass is 1490 g/mol. The van der Waals surface area contributed by atoms with Crippen LogP contribution in [0.15, 0.2) is 0 Å². The molecule has 0 saturated carbocycles. The van der Waals surface area contributed by atoms with Gasteiger partial charge in [-0.3, -0.25) is 37.3 Å². The van der Waals surface area contributed by atoms with Gasteiger partial charge < -0.3 is 33.8 Å². The van der Waals surface area contributed by atoms with Gasteiger partial charge in [-0.25, -0.2) is 9.13 Å². The van der Waals surface area contributed by atoms with Crippen LogP contribution in [0.3, 0.4) is 0 Å². The molecule has 0 aliphatic heterocycles. The smallest absolute Gasteiger partial charge is 0.462 e. The fourth-order valence-electron chi connectivity index (χ4n) is 12.9. The van der Waals surface area contributed by atoms with Crippen LogP contribution in [0.2, 0.25) is 0 Å². The quantitative estimate of drug-likeness (QED) is 0.0222. The van der Waals surface area contributed by atoms with Crippen LogP contribution in [0, 0.1) is 11.8 Å². The van der Waals surface area contributed by atoms with Crippen LogP contribution in [-0.4, -0.2) is 96.7 Å². The number of aliphatic hydroxyl groups excluding tert-OH is 1. The first-order valence-electron chi connectivity index (χ1n) is 43.0. The molecule has 0 saturated heterocycles. The molecular weight excluding hydrogens is 1330 g/mol. The van der Waals surface area contributed by atoms with Crippen molar-refractivity contribution in [2.45, 2.75) is 458 Å². The predicted octanol–water partition coefficient (Wildman–Crippen LogP) is 25.1. The summed E-state index contributed by atoms with van der Waals surface area (Å²) >= 11 is 0. The normalized spacial score (nSPS) is 13.9. The van der Waals surface area contributed by atoms with E-state index >= 15 is 0 Å². The molecule has 0 spiro atoms. The van der Waals surface area contributed by atoms with Crippen molar-refractivity contribution in [2.24, 2.45) is 11.8 Å². The van der Waals surface area contributed by atoms with Crippen molar-refractivity contribution < 1.29 is 80.2 Å². The number of phosphoric ester groups is 2. The Kier molecular flexibility index (Phi) is 73.1. The van der Waals surface area contributed by atoms with E-state index in [0.29, 0.717) is 25.7 Å².